The average Bonchev–Trinajstić information content (AvgIpc) is 3.15. The lowest BCUT2D eigenvalue weighted by Gasteiger charge is -2.25. The Morgan fingerprint density at radius 2 is 1.40 bits per heavy atom. The van der Waals surface area contributed by atoms with Gasteiger partial charge in [-0.15, -0.1) is 0 Å². The molecule has 14 heteroatoms. The highest BCUT2D eigenvalue weighted by Crippen LogP contribution is 2.35. The van der Waals surface area contributed by atoms with Gasteiger partial charge in [0.05, 0.1) is 17.8 Å². The predicted octanol–water partition coefficient (Wildman–Crippen LogP) is 9.19. The summed E-state index contributed by atoms with van der Waals surface area (Å²) in [6.07, 6.45) is -10.0. The molecule has 0 atom stereocenters. The standard InChI is InChI=1S/C39H36F3N3O3.C2HF3O2/c1-27-9-2-4-13-33(27)30-19-17-28(18-20-30)26-45(35-15-6-7-16-36(35)48-32-12-8-10-29(23-32)24-43)38(47)22-21-37(46)44-25-31-11-3-5-14-34(31)39(40,41)42;3-2(4,5)1(6)7/h2-20,23H,21-22,24-26,43H2,1H3,(H,44,46);(H,6,7). The van der Waals surface area contributed by atoms with Crippen LogP contribution in [-0.4, -0.2) is 29.1 Å². The maximum absolute atomic E-state index is 13.9. The molecule has 288 valence electrons. The van der Waals surface area contributed by atoms with Crippen LogP contribution >= 0.6 is 0 Å². The van der Waals surface area contributed by atoms with E-state index in [1.54, 1.807) is 35.2 Å². The van der Waals surface area contributed by atoms with E-state index in [0.29, 0.717) is 23.7 Å². The molecule has 0 unspecified atom stereocenters. The number of hydrogen-bond acceptors (Lipinski definition) is 5. The molecule has 8 nitrogen and oxygen atoms in total. The number of anilines is 1. The van der Waals surface area contributed by atoms with E-state index in [-0.39, 0.29) is 37.4 Å². The highest BCUT2D eigenvalue weighted by Gasteiger charge is 2.38. The van der Waals surface area contributed by atoms with Crippen molar-refractivity contribution in [3.63, 3.8) is 0 Å². The van der Waals surface area contributed by atoms with E-state index in [0.717, 1.165) is 33.9 Å². The summed E-state index contributed by atoms with van der Waals surface area (Å²) in [5.74, 6) is -2.65. The molecule has 0 spiro atoms. The number of aliphatic carboxylic acids is 1. The number of carbonyl (C=O) groups is 3. The second kappa shape index (κ2) is 18.7. The second-order valence-corrected chi connectivity index (χ2v) is 12.1. The highest BCUT2D eigenvalue weighted by atomic mass is 19.4. The molecule has 5 aromatic carbocycles. The van der Waals surface area contributed by atoms with Crippen molar-refractivity contribution in [2.75, 3.05) is 4.90 Å². The van der Waals surface area contributed by atoms with Crippen LogP contribution in [0.4, 0.5) is 32.0 Å². The van der Waals surface area contributed by atoms with E-state index < -0.39 is 29.8 Å². The Balaban J connectivity index is 0.000000876. The fraction of sp³-hybridized carbons (Fsp3) is 0.195. The third-order valence-corrected chi connectivity index (χ3v) is 8.18. The van der Waals surface area contributed by atoms with Crippen molar-refractivity contribution in [3.8, 4) is 22.6 Å². The van der Waals surface area contributed by atoms with Gasteiger partial charge in [-0.3, -0.25) is 9.59 Å². The van der Waals surface area contributed by atoms with Crippen LogP contribution in [0.15, 0.2) is 121 Å². The highest BCUT2D eigenvalue weighted by molar-refractivity contribution is 5.96. The third kappa shape index (κ3) is 12.2. The number of aryl methyl sites for hydroxylation is 1. The molecule has 0 saturated heterocycles. The number of carboxylic acids is 1. The molecule has 2 amide bonds. The van der Waals surface area contributed by atoms with E-state index in [1.165, 1.54) is 18.2 Å². The molecule has 0 aliphatic heterocycles. The van der Waals surface area contributed by atoms with Gasteiger partial charge in [-0.05, 0) is 70.6 Å². The second-order valence-electron chi connectivity index (χ2n) is 12.1. The minimum Gasteiger partial charge on any atom is -0.475 e. The monoisotopic (exact) mass is 765 g/mol. The summed E-state index contributed by atoms with van der Waals surface area (Å²) in [5, 5.41) is 9.66. The minimum atomic E-state index is -5.08. The topological polar surface area (TPSA) is 122 Å². The summed E-state index contributed by atoms with van der Waals surface area (Å²) in [4.78, 5) is 37.1. The number of ether oxygens (including phenoxy) is 1. The lowest BCUT2D eigenvalue weighted by molar-refractivity contribution is -0.192. The van der Waals surface area contributed by atoms with Crippen LogP contribution < -0.4 is 20.7 Å². The van der Waals surface area contributed by atoms with Gasteiger partial charge in [-0.1, -0.05) is 91.0 Å². The molecular weight excluding hydrogens is 728 g/mol. The van der Waals surface area contributed by atoms with Gasteiger partial charge in [-0.2, -0.15) is 26.3 Å². The molecular formula is C41H37F6N3O5. The average molecular weight is 766 g/mol. The van der Waals surface area contributed by atoms with Crippen LogP contribution in [0.2, 0.25) is 0 Å². The summed E-state index contributed by atoms with van der Waals surface area (Å²) in [5.41, 5.74) is 10.5. The number of hydrogen-bond donors (Lipinski definition) is 3. The van der Waals surface area contributed by atoms with Gasteiger partial charge >= 0.3 is 18.3 Å². The van der Waals surface area contributed by atoms with Gasteiger partial charge in [0.2, 0.25) is 11.8 Å². The van der Waals surface area contributed by atoms with Crippen LogP contribution in [0.3, 0.4) is 0 Å². The van der Waals surface area contributed by atoms with Crippen LogP contribution in [0.1, 0.15) is 40.7 Å². The zero-order chi connectivity index (χ0) is 40.2. The smallest absolute Gasteiger partial charge is 0.475 e. The number of carbonyl (C=O) groups excluding carboxylic acids is 2. The Kier molecular flexibility index (Phi) is 14.2. The van der Waals surface area contributed by atoms with E-state index in [2.05, 4.69) is 24.4 Å². The Morgan fingerprint density at radius 3 is 2.05 bits per heavy atom. The number of nitrogens with one attached hydrogen (secondary N) is 1. The van der Waals surface area contributed by atoms with Crippen LogP contribution in [0.5, 0.6) is 11.5 Å². The van der Waals surface area contributed by atoms with Crippen molar-refractivity contribution < 1.29 is 50.6 Å². The lowest BCUT2D eigenvalue weighted by atomic mass is 9.99. The molecule has 0 heterocycles. The zero-order valence-corrected chi connectivity index (χ0v) is 29.5. The zero-order valence-electron chi connectivity index (χ0n) is 29.5. The van der Waals surface area contributed by atoms with Gasteiger partial charge in [0.15, 0.2) is 5.75 Å². The quantitative estimate of drug-likeness (QED) is 0.109. The van der Waals surface area contributed by atoms with Gasteiger partial charge in [0, 0.05) is 25.9 Å². The van der Waals surface area contributed by atoms with Crippen molar-refractivity contribution in [3.05, 3.63) is 149 Å². The summed E-state index contributed by atoms with van der Waals surface area (Å²) >= 11 is 0. The molecule has 0 saturated carbocycles. The molecule has 0 fully saturated rings. The Labute approximate surface area is 313 Å². The van der Waals surface area contributed by atoms with Crippen molar-refractivity contribution in [1.29, 1.82) is 0 Å². The number of nitrogens with zero attached hydrogens (tertiary/aromatic N) is 1. The number of para-hydroxylation sites is 2. The van der Waals surface area contributed by atoms with Gasteiger partial charge < -0.3 is 25.8 Å². The van der Waals surface area contributed by atoms with Gasteiger partial charge in [0.1, 0.15) is 5.75 Å². The first-order valence-electron chi connectivity index (χ1n) is 16.8. The maximum atomic E-state index is 13.9. The van der Waals surface area contributed by atoms with E-state index in [4.69, 9.17) is 20.4 Å². The van der Waals surface area contributed by atoms with Crippen LogP contribution in [-0.2, 0) is 40.2 Å². The molecule has 5 rings (SSSR count). The first kappa shape index (κ1) is 41.6. The fourth-order valence-corrected chi connectivity index (χ4v) is 5.39. The largest absolute Gasteiger partial charge is 0.490 e. The number of benzene rings is 5. The van der Waals surface area contributed by atoms with Crippen molar-refractivity contribution >= 4 is 23.5 Å². The van der Waals surface area contributed by atoms with Gasteiger partial charge in [0.25, 0.3) is 0 Å². The normalized spacial score (nSPS) is 11.2. The van der Waals surface area contributed by atoms with E-state index in [1.807, 2.05) is 54.6 Å². The predicted molar refractivity (Wildman–Crippen MR) is 195 cm³/mol. The summed E-state index contributed by atoms with van der Waals surface area (Å²) < 4.78 is 78.2. The SMILES string of the molecule is Cc1ccccc1-c1ccc(CN(C(=O)CCC(=O)NCc2ccccc2C(F)(F)F)c2ccccc2Oc2cccc(CN)c2)cc1.O=C(O)C(F)(F)F. The Hall–Kier alpha value is -6.15. The molecule has 0 aliphatic rings. The van der Waals surface area contributed by atoms with E-state index in [9.17, 15) is 35.9 Å². The number of nitrogens with two attached hydrogens (primary N) is 1. The first-order chi connectivity index (χ1) is 26.1. The number of halogens is 6. The van der Waals surface area contributed by atoms with Crippen molar-refractivity contribution in [2.24, 2.45) is 5.73 Å². The number of carboxylic acid groups (broad SMARTS) is 1. The van der Waals surface area contributed by atoms with E-state index >= 15 is 0 Å². The van der Waals surface area contributed by atoms with Crippen LogP contribution in [0.25, 0.3) is 11.1 Å². The minimum absolute atomic E-state index is 0.0507. The van der Waals surface area contributed by atoms with Gasteiger partial charge in [-0.25, -0.2) is 4.79 Å². The molecule has 5 aromatic rings. The Morgan fingerprint density at radius 1 is 0.764 bits per heavy atom. The van der Waals surface area contributed by atoms with Crippen LogP contribution in [0, 0.1) is 6.92 Å². The van der Waals surface area contributed by atoms with Crippen molar-refractivity contribution in [2.45, 2.75) is 51.8 Å². The molecule has 0 aromatic heterocycles. The summed E-state index contributed by atoms with van der Waals surface area (Å²) in [6, 6.07) is 35.6. The fourth-order valence-electron chi connectivity index (χ4n) is 5.39. The number of alkyl halides is 6. The first-order valence-corrected chi connectivity index (χ1v) is 16.8. The Bertz CT molecular complexity index is 2080. The molecule has 55 heavy (non-hydrogen) atoms. The molecule has 0 radical (unpaired) electrons. The molecule has 4 N–H and O–H groups in total. The van der Waals surface area contributed by atoms with Crippen molar-refractivity contribution in [1.82, 2.24) is 5.32 Å². The molecule has 0 bridgehead atoms. The number of amides is 2. The lowest BCUT2D eigenvalue weighted by Crippen LogP contribution is -2.32. The maximum Gasteiger partial charge on any atom is 0.490 e. The third-order valence-electron chi connectivity index (χ3n) is 8.18. The summed E-state index contributed by atoms with van der Waals surface area (Å²) in [6.45, 7) is 2.27. The number of rotatable bonds is 12. The molecule has 0 aliphatic carbocycles. The summed E-state index contributed by atoms with van der Waals surface area (Å²) in [7, 11) is 0.